The number of esters is 3. The largest absolute Gasteiger partial charge is 0.462 e. The van der Waals surface area contributed by atoms with Crippen molar-refractivity contribution in [3.8, 4) is 0 Å². The average Bonchev–Trinajstić information content (AvgIpc) is 3.42. The predicted molar refractivity (Wildman–Crippen MR) is 330 cm³/mol. The van der Waals surface area contributed by atoms with Crippen LogP contribution in [0.5, 0.6) is 0 Å². The van der Waals surface area contributed by atoms with Crippen molar-refractivity contribution < 1.29 is 28.6 Å². The Morgan fingerprint density at radius 1 is 0.276 bits per heavy atom. The maximum atomic E-state index is 12.8. The zero-order valence-electron chi connectivity index (χ0n) is 49.5. The van der Waals surface area contributed by atoms with E-state index in [0.29, 0.717) is 19.3 Å². The van der Waals surface area contributed by atoms with Crippen LogP contribution in [0.15, 0.2) is 122 Å². The highest BCUT2D eigenvalue weighted by molar-refractivity contribution is 5.71. The third kappa shape index (κ3) is 60.7. The molecule has 1 unspecified atom stereocenters. The Hall–Kier alpha value is -4.19. The minimum atomic E-state index is -0.794. The molecule has 0 N–H and O–H groups in total. The smallest absolute Gasteiger partial charge is 0.306 e. The van der Waals surface area contributed by atoms with Gasteiger partial charge in [-0.05, 0) is 96.3 Å². The summed E-state index contributed by atoms with van der Waals surface area (Å²) in [5.74, 6) is -0.931. The third-order valence-corrected chi connectivity index (χ3v) is 13.2. The predicted octanol–water partition coefficient (Wildman–Crippen LogP) is 21.6. The molecule has 1 atom stereocenters. The van der Waals surface area contributed by atoms with E-state index < -0.39 is 6.10 Å². The van der Waals surface area contributed by atoms with E-state index in [-0.39, 0.29) is 31.1 Å². The summed E-state index contributed by atoms with van der Waals surface area (Å²) >= 11 is 0. The molecular formula is C70H116O6. The van der Waals surface area contributed by atoms with Gasteiger partial charge in [0, 0.05) is 19.3 Å². The number of hydrogen-bond acceptors (Lipinski definition) is 6. The van der Waals surface area contributed by atoms with Crippen LogP contribution in [0.2, 0.25) is 0 Å². The molecular weight excluding hydrogens is 937 g/mol. The monoisotopic (exact) mass is 1050 g/mol. The molecule has 0 fully saturated rings. The van der Waals surface area contributed by atoms with Gasteiger partial charge in [0.05, 0.1) is 0 Å². The van der Waals surface area contributed by atoms with Gasteiger partial charge in [-0.3, -0.25) is 14.4 Å². The number of ether oxygens (including phenoxy) is 3. The van der Waals surface area contributed by atoms with E-state index in [1.54, 1.807) is 0 Å². The zero-order chi connectivity index (χ0) is 55.0. The van der Waals surface area contributed by atoms with Crippen molar-refractivity contribution in [1.82, 2.24) is 0 Å². The fourth-order valence-corrected chi connectivity index (χ4v) is 8.53. The summed E-state index contributed by atoms with van der Waals surface area (Å²) in [6.45, 7) is 6.49. The summed E-state index contributed by atoms with van der Waals surface area (Å²) in [5, 5.41) is 0. The van der Waals surface area contributed by atoms with Gasteiger partial charge in [0.2, 0.25) is 0 Å². The number of carbonyl (C=O) groups excluding carboxylic acids is 3. The van der Waals surface area contributed by atoms with E-state index >= 15 is 0 Å². The van der Waals surface area contributed by atoms with Crippen LogP contribution in [0.3, 0.4) is 0 Å². The van der Waals surface area contributed by atoms with Crippen molar-refractivity contribution in [1.29, 1.82) is 0 Å². The van der Waals surface area contributed by atoms with E-state index in [4.69, 9.17) is 14.2 Å². The molecule has 0 aliphatic carbocycles. The Bertz CT molecular complexity index is 1590. The van der Waals surface area contributed by atoms with Gasteiger partial charge in [0.25, 0.3) is 0 Å². The van der Waals surface area contributed by atoms with Gasteiger partial charge in [0.15, 0.2) is 6.10 Å². The minimum absolute atomic E-state index is 0.0895. The maximum Gasteiger partial charge on any atom is 0.306 e. The second-order valence-corrected chi connectivity index (χ2v) is 20.6. The lowest BCUT2D eigenvalue weighted by atomic mass is 10.0. The van der Waals surface area contributed by atoms with Gasteiger partial charge < -0.3 is 14.2 Å². The van der Waals surface area contributed by atoms with Gasteiger partial charge >= 0.3 is 17.9 Å². The summed E-state index contributed by atoms with van der Waals surface area (Å²) in [6, 6.07) is 0. The van der Waals surface area contributed by atoms with Crippen LogP contribution in [0.4, 0.5) is 0 Å². The molecule has 6 nitrogen and oxygen atoms in total. The Kier molecular flexibility index (Phi) is 59.9. The lowest BCUT2D eigenvalue weighted by Gasteiger charge is -2.18. The van der Waals surface area contributed by atoms with Gasteiger partial charge in [0.1, 0.15) is 13.2 Å². The normalized spacial score (nSPS) is 12.9. The number of hydrogen-bond donors (Lipinski definition) is 0. The molecule has 0 heterocycles. The standard InChI is InChI=1S/C70H116O6/c1-4-7-10-13-16-19-22-24-26-27-28-29-30-31-32-33-34-35-36-37-38-39-40-41-42-43-44-46-48-51-54-57-60-63-69(72)75-66-67(65-74-68(71)62-59-56-53-50-47-21-18-15-12-9-6-3)76-70(73)64-61-58-55-52-49-45-25-23-20-17-14-11-8-5-2/h7,10,16,19,24,26,28-29,31-32,34-35,37-38,40-41,43-44,48,51,67H,4-6,8-9,11-15,17-18,20-23,25,27,30,33,36,39,42,45-47,49-50,52-66H2,1-3H3/b10-7-,19-16-,26-24-,29-28-,32-31-,35-34-,38-37-,41-40-,44-43-,51-48-. The first-order valence-electron chi connectivity index (χ1n) is 31.5. The van der Waals surface area contributed by atoms with E-state index in [1.165, 1.54) is 122 Å². The molecule has 0 spiro atoms. The van der Waals surface area contributed by atoms with E-state index in [1.807, 2.05) is 0 Å². The molecule has 432 valence electrons. The first kappa shape index (κ1) is 71.8. The molecule has 0 radical (unpaired) electrons. The van der Waals surface area contributed by atoms with Crippen LogP contribution in [0.25, 0.3) is 0 Å². The van der Waals surface area contributed by atoms with E-state index in [9.17, 15) is 14.4 Å². The molecule has 0 rings (SSSR count). The molecule has 0 aliphatic rings. The fraction of sp³-hybridized carbons (Fsp3) is 0.671. The van der Waals surface area contributed by atoms with Crippen LogP contribution >= 0.6 is 0 Å². The summed E-state index contributed by atoms with van der Waals surface area (Å²) < 4.78 is 16.8. The van der Waals surface area contributed by atoms with Crippen molar-refractivity contribution in [3.63, 3.8) is 0 Å². The van der Waals surface area contributed by atoms with E-state index in [0.717, 1.165) is 122 Å². The number of carbonyl (C=O) groups is 3. The van der Waals surface area contributed by atoms with Crippen molar-refractivity contribution in [2.75, 3.05) is 13.2 Å². The van der Waals surface area contributed by atoms with Crippen LogP contribution in [-0.4, -0.2) is 37.2 Å². The van der Waals surface area contributed by atoms with Crippen molar-refractivity contribution in [3.05, 3.63) is 122 Å². The SMILES string of the molecule is CC/C=C\C/C=C\C/C=C\C/C=C\C/C=C\C/C=C\C/C=C\C/C=C\C/C=C\C/C=C\CCCCC(=O)OCC(COC(=O)CCCCCCCCCCCCC)OC(=O)CCCCCCCCCCCCCCCC. The quantitative estimate of drug-likeness (QED) is 0.0261. The fourth-order valence-electron chi connectivity index (χ4n) is 8.53. The first-order valence-corrected chi connectivity index (χ1v) is 31.5. The van der Waals surface area contributed by atoms with Crippen LogP contribution in [0, 0.1) is 0 Å². The Morgan fingerprint density at radius 3 is 0.803 bits per heavy atom. The lowest BCUT2D eigenvalue weighted by Crippen LogP contribution is -2.30. The van der Waals surface area contributed by atoms with Crippen molar-refractivity contribution in [2.24, 2.45) is 0 Å². The van der Waals surface area contributed by atoms with Crippen LogP contribution in [-0.2, 0) is 28.6 Å². The molecule has 6 heteroatoms. The van der Waals surface area contributed by atoms with Crippen molar-refractivity contribution in [2.45, 2.75) is 290 Å². The summed E-state index contributed by atoms with van der Waals surface area (Å²) in [7, 11) is 0. The number of allylic oxidation sites excluding steroid dienone is 20. The zero-order valence-corrected chi connectivity index (χ0v) is 49.5. The third-order valence-electron chi connectivity index (χ3n) is 13.2. The Balaban J connectivity index is 4.32. The molecule has 0 aliphatic heterocycles. The molecule has 0 saturated heterocycles. The Labute approximate surface area is 469 Å². The van der Waals surface area contributed by atoms with Crippen molar-refractivity contribution >= 4 is 17.9 Å². The number of rotatable bonds is 56. The molecule has 0 bridgehead atoms. The molecule has 0 amide bonds. The molecule has 0 aromatic heterocycles. The summed E-state index contributed by atoms with van der Waals surface area (Å²) in [4.78, 5) is 38.1. The summed E-state index contributed by atoms with van der Waals surface area (Å²) in [6.07, 6.45) is 87.8. The van der Waals surface area contributed by atoms with Gasteiger partial charge in [-0.15, -0.1) is 0 Å². The highest BCUT2D eigenvalue weighted by atomic mass is 16.6. The average molecular weight is 1050 g/mol. The van der Waals surface area contributed by atoms with Gasteiger partial charge in [-0.1, -0.05) is 290 Å². The number of unbranched alkanes of at least 4 members (excludes halogenated alkanes) is 25. The highest BCUT2D eigenvalue weighted by Crippen LogP contribution is 2.16. The topological polar surface area (TPSA) is 78.9 Å². The van der Waals surface area contributed by atoms with Gasteiger partial charge in [-0.25, -0.2) is 0 Å². The van der Waals surface area contributed by atoms with Crippen LogP contribution in [0.1, 0.15) is 284 Å². The first-order chi connectivity index (χ1) is 37.5. The highest BCUT2D eigenvalue weighted by Gasteiger charge is 2.19. The summed E-state index contributed by atoms with van der Waals surface area (Å²) in [5.41, 5.74) is 0. The molecule has 76 heavy (non-hydrogen) atoms. The van der Waals surface area contributed by atoms with Crippen LogP contribution < -0.4 is 0 Å². The second-order valence-electron chi connectivity index (χ2n) is 20.6. The maximum absolute atomic E-state index is 12.8. The second kappa shape index (κ2) is 63.3. The minimum Gasteiger partial charge on any atom is -0.462 e. The van der Waals surface area contributed by atoms with Gasteiger partial charge in [-0.2, -0.15) is 0 Å². The van der Waals surface area contributed by atoms with E-state index in [2.05, 4.69) is 142 Å². The molecule has 0 saturated carbocycles. The molecule has 0 aromatic carbocycles. The lowest BCUT2D eigenvalue weighted by molar-refractivity contribution is -0.167. The molecule has 0 aromatic rings. The Morgan fingerprint density at radius 2 is 0.513 bits per heavy atom.